The molecule has 3 heteroatoms. The van der Waals surface area contributed by atoms with Crippen molar-refractivity contribution in [2.45, 2.75) is 0 Å². The molecule has 0 bridgehead atoms. The minimum atomic E-state index is 0.850. The second-order valence-electron chi connectivity index (χ2n) is 11.4. The Labute approximate surface area is 261 Å². The van der Waals surface area contributed by atoms with Gasteiger partial charge in [0.15, 0.2) is 0 Å². The summed E-state index contributed by atoms with van der Waals surface area (Å²) >= 11 is 0. The van der Waals surface area contributed by atoms with Gasteiger partial charge in [0.05, 0.1) is 22.4 Å². The van der Waals surface area contributed by atoms with E-state index in [1.807, 2.05) is 36.4 Å². The molecule has 0 unspecified atom stereocenters. The molecule has 0 saturated heterocycles. The lowest BCUT2D eigenvalue weighted by Gasteiger charge is -2.23. The SMILES string of the molecule is c1ccc(-c2cccc(-c3nc4ccccc4nc3-c3ccc4c5c(cccc35)-c3ccc(-c5ccccc5)cc3O4)c2)cc1. The van der Waals surface area contributed by atoms with Crippen LogP contribution < -0.4 is 4.74 Å². The van der Waals surface area contributed by atoms with Crippen molar-refractivity contribution in [2.75, 3.05) is 0 Å². The Bertz CT molecular complexity index is 2400. The zero-order chi connectivity index (χ0) is 29.7. The third kappa shape index (κ3) is 4.29. The molecule has 0 atom stereocenters. The lowest BCUT2D eigenvalue weighted by Crippen LogP contribution is -2.00. The first-order chi connectivity index (χ1) is 22.3. The van der Waals surface area contributed by atoms with Gasteiger partial charge in [-0.15, -0.1) is 0 Å². The highest BCUT2D eigenvalue weighted by atomic mass is 16.5. The van der Waals surface area contributed by atoms with Crippen molar-refractivity contribution in [3.63, 3.8) is 0 Å². The van der Waals surface area contributed by atoms with Gasteiger partial charge in [0.2, 0.25) is 0 Å². The first-order valence-corrected chi connectivity index (χ1v) is 15.2. The highest BCUT2D eigenvalue weighted by molar-refractivity contribution is 6.11. The predicted molar refractivity (Wildman–Crippen MR) is 184 cm³/mol. The number of fused-ring (bicyclic) bond motifs is 3. The van der Waals surface area contributed by atoms with Crippen LogP contribution in [0.3, 0.4) is 0 Å². The van der Waals surface area contributed by atoms with Gasteiger partial charge in [-0.3, -0.25) is 0 Å². The fourth-order valence-electron chi connectivity index (χ4n) is 6.51. The molecule has 45 heavy (non-hydrogen) atoms. The summed E-state index contributed by atoms with van der Waals surface area (Å²) < 4.78 is 6.62. The van der Waals surface area contributed by atoms with E-state index in [0.717, 1.165) is 78.1 Å². The van der Waals surface area contributed by atoms with E-state index < -0.39 is 0 Å². The zero-order valence-corrected chi connectivity index (χ0v) is 24.3. The van der Waals surface area contributed by atoms with E-state index in [2.05, 4.69) is 121 Å². The molecule has 0 fully saturated rings. The van der Waals surface area contributed by atoms with Crippen LogP contribution in [0.5, 0.6) is 11.5 Å². The number of ether oxygens (including phenoxy) is 1. The maximum absolute atomic E-state index is 6.62. The molecule has 1 aromatic heterocycles. The number of hydrogen-bond acceptors (Lipinski definition) is 3. The number of aromatic nitrogens is 2. The predicted octanol–water partition coefficient (Wildman–Crippen LogP) is 11.2. The van der Waals surface area contributed by atoms with Crippen molar-refractivity contribution in [1.29, 1.82) is 0 Å². The van der Waals surface area contributed by atoms with Crippen LogP contribution in [0.15, 0.2) is 158 Å². The van der Waals surface area contributed by atoms with Crippen molar-refractivity contribution >= 4 is 21.8 Å². The number of nitrogens with zero attached hydrogens (tertiary/aromatic N) is 2. The fourth-order valence-corrected chi connectivity index (χ4v) is 6.51. The van der Waals surface area contributed by atoms with Crippen LogP contribution in [0.1, 0.15) is 0 Å². The fraction of sp³-hybridized carbons (Fsp3) is 0. The molecule has 1 aliphatic rings. The molecule has 9 rings (SSSR count). The Kier molecular flexibility index (Phi) is 5.82. The van der Waals surface area contributed by atoms with Crippen molar-refractivity contribution in [3.8, 4) is 67.4 Å². The van der Waals surface area contributed by atoms with Gasteiger partial charge >= 0.3 is 0 Å². The normalized spacial score (nSPS) is 11.7. The lowest BCUT2D eigenvalue weighted by molar-refractivity contribution is 0.487. The van der Waals surface area contributed by atoms with Gasteiger partial charge in [-0.2, -0.15) is 0 Å². The minimum Gasteiger partial charge on any atom is -0.456 e. The van der Waals surface area contributed by atoms with E-state index in [1.54, 1.807) is 0 Å². The summed E-state index contributed by atoms with van der Waals surface area (Å²) in [6.07, 6.45) is 0. The van der Waals surface area contributed by atoms with Crippen molar-refractivity contribution in [2.24, 2.45) is 0 Å². The number of para-hydroxylation sites is 2. The smallest absolute Gasteiger partial charge is 0.135 e. The minimum absolute atomic E-state index is 0.850. The van der Waals surface area contributed by atoms with E-state index in [-0.39, 0.29) is 0 Å². The van der Waals surface area contributed by atoms with E-state index in [4.69, 9.17) is 14.7 Å². The van der Waals surface area contributed by atoms with Gasteiger partial charge in [-0.1, -0.05) is 115 Å². The molecule has 0 aliphatic carbocycles. The molecule has 0 amide bonds. The summed E-state index contributed by atoms with van der Waals surface area (Å²) in [4.78, 5) is 10.5. The number of rotatable bonds is 4. The summed E-state index contributed by atoms with van der Waals surface area (Å²) in [5.41, 5.74) is 12.4. The highest BCUT2D eigenvalue weighted by Crippen LogP contribution is 2.50. The maximum Gasteiger partial charge on any atom is 0.135 e. The number of hydrogen-bond donors (Lipinski definition) is 0. The van der Waals surface area contributed by atoms with E-state index >= 15 is 0 Å². The Morgan fingerprint density at radius 3 is 1.71 bits per heavy atom. The quantitative estimate of drug-likeness (QED) is 0.210. The Hall–Kier alpha value is -6.06. The third-order valence-corrected chi connectivity index (χ3v) is 8.67. The van der Waals surface area contributed by atoms with Crippen molar-refractivity contribution in [1.82, 2.24) is 9.97 Å². The van der Waals surface area contributed by atoms with Gasteiger partial charge in [-0.05, 0) is 75.7 Å². The molecular weight excluding hydrogens is 548 g/mol. The Balaban J connectivity index is 1.25. The topological polar surface area (TPSA) is 35.0 Å². The molecule has 0 N–H and O–H groups in total. The van der Waals surface area contributed by atoms with Crippen LogP contribution in [0.25, 0.3) is 77.7 Å². The van der Waals surface area contributed by atoms with Gasteiger partial charge in [0.1, 0.15) is 11.5 Å². The average molecular weight is 575 g/mol. The molecule has 3 nitrogen and oxygen atoms in total. The molecule has 0 spiro atoms. The van der Waals surface area contributed by atoms with E-state index in [0.29, 0.717) is 0 Å². The van der Waals surface area contributed by atoms with Crippen molar-refractivity contribution < 1.29 is 4.74 Å². The molecule has 2 heterocycles. The largest absolute Gasteiger partial charge is 0.456 e. The van der Waals surface area contributed by atoms with Gasteiger partial charge in [0, 0.05) is 22.1 Å². The van der Waals surface area contributed by atoms with Crippen molar-refractivity contribution in [3.05, 3.63) is 158 Å². The molecule has 0 saturated carbocycles. The second kappa shape index (κ2) is 10.3. The second-order valence-corrected chi connectivity index (χ2v) is 11.4. The van der Waals surface area contributed by atoms with Crippen LogP contribution in [0.2, 0.25) is 0 Å². The molecule has 7 aromatic carbocycles. The average Bonchev–Trinajstić information content (AvgIpc) is 3.12. The first-order valence-electron chi connectivity index (χ1n) is 15.2. The molecule has 210 valence electrons. The number of benzene rings is 7. The van der Waals surface area contributed by atoms with Crippen LogP contribution in [0, 0.1) is 0 Å². The molecule has 0 radical (unpaired) electrons. The standard InChI is InChI=1S/C42H26N2O/c1-3-11-27(12-4-1)29-15-9-16-31(25-29)41-42(44-37-20-8-7-19-36(37)43-41)35-23-24-38-40-33(17-10-18-34(35)40)32-22-21-30(26-39(32)45-38)28-13-5-2-6-14-28/h1-26H. The maximum atomic E-state index is 6.62. The monoisotopic (exact) mass is 574 g/mol. The Morgan fingerprint density at radius 1 is 0.356 bits per heavy atom. The third-order valence-electron chi connectivity index (χ3n) is 8.67. The van der Waals surface area contributed by atoms with E-state index in [1.165, 1.54) is 11.1 Å². The van der Waals surface area contributed by atoms with E-state index in [9.17, 15) is 0 Å². The summed E-state index contributed by atoms with van der Waals surface area (Å²) in [6.45, 7) is 0. The molecule has 1 aliphatic heterocycles. The molecular formula is C42H26N2O. The summed E-state index contributed by atoms with van der Waals surface area (Å²) in [7, 11) is 0. The highest BCUT2D eigenvalue weighted by Gasteiger charge is 2.24. The van der Waals surface area contributed by atoms with Gasteiger partial charge in [-0.25, -0.2) is 9.97 Å². The Morgan fingerprint density at radius 2 is 0.956 bits per heavy atom. The summed E-state index contributed by atoms with van der Waals surface area (Å²) in [6, 6.07) is 54.8. The first kappa shape index (κ1) is 25.4. The van der Waals surface area contributed by atoms with Gasteiger partial charge < -0.3 is 4.74 Å². The van der Waals surface area contributed by atoms with Gasteiger partial charge in [0.25, 0.3) is 0 Å². The molecule has 8 aromatic rings. The summed E-state index contributed by atoms with van der Waals surface area (Å²) in [5, 5.41) is 2.18. The van der Waals surface area contributed by atoms with Crippen LogP contribution in [-0.2, 0) is 0 Å². The summed E-state index contributed by atoms with van der Waals surface area (Å²) in [5.74, 6) is 1.72. The lowest BCUT2D eigenvalue weighted by atomic mass is 9.89. The zero-order valence-electron chi connectivity index (χ0n) is 24.3. The van der Waals surface area contributed by atoms with Crippen LogP contribution >= 0.6 is 0 Å². The van der Waals surface area contributed by atoms with Crippen LogP contribution in [-0.4, -0.2) is 9.97 Å². The van der Waals surface area contributed by atoms with Crippen LogP contribution in [0.4, 0.5) is 0 Å².